The summed E-state index contributed by atoms with van der Waals surface area (Å²) in [5.41, 5.74) is 9.79. The minimum atomic E-state index is -0.552. The fourth-order valence-electron chi connectivity index (χ4n) is 3.31. The fraction of sp³-hybridized carbons (Fsp3) is 0.333. The van der Waals surface area contributed by atoms with Crippen LogP contribution in [0.2, 0.25) is 0 Å². The van der Waals surface area contributed by atoms with Crippen molar-refractivity contribution in [3.8, 4) is 0 Å². The summed E-state index contributed by atoms with van der Waals surface area (Å²) >= 11 is 1.18. The quantitative estimate of drug-likeness (QED) is 0.710. The molecule has 2 heterocycles. The maximum Gasteiger partial charge on any atom is 0.251 e. The largest absolute Gasteiger partial charge is 0.366 e. The maximum atomic E-state index is 12.4. The number of hydrogen-bond acceptors (Lipinski definition) is 5. The van der Waals surface area contributed by atoms with Gasteiger partial charge in [-0.05, 0) is 56.5 Å². The molecule has 0 radical (unpaired) electrons. The van der Waals surface area contributed by atoms with E-state index >= 15 is 0 Å². The molecular weight excluding hydrogens is 388 g/mol. The highest BCUT2D eigenvalue weighted by Crippen LogP contribution is 2.28. The molecule has 3 amide bonds. The van der Waals surface area contributed by atoms with Crippen molar-refractivity contribution in [2.24, 2.45) is 5.73 Å². The van der Waals surface area contributed by atoms with E-state index in [1.54, 1.807) is 17.0 Å². The molecule has 1 fully saturated rings. The van der Waals surface area contributed by atoms with Crippen molar-refractivity contribution in [3.05, 3.63) is 46.6 Å². The first kappa shape index (κ1) is 20.9. The number of anilines is 2. The lowest BCUT2D eigenvalue weighted by molar-refractivity contribution is -0.117. The zero-order valence-electron chi connectivity index (χ0n) is 16.7. The van der Waals surface area contributed by atoms with Gasteiger partial charge >= 0.3 is 0 Å². The van der Waals surface area contributed by atoms with Crippen LogP contribution in [0.1, 0.15) is 40.0 Å². The Labute approximate surface area is 174 Å². The van der Waals surface area contributed by atoms with Crippen LogP contribution in [0, 0.1) is 20.8 Å². The van der Waals surface area contributed by atoms with Gasteiger partial charge in [0, 0.05) is 30.0 Å². The highest BCUT2D eigenvalue weighted by molar-refractivity contribution is 8.00. The summed E-state index contributed by atoms with van der Waals surface area (Å²) in [7, 11) is 0. The van der Waals surface area contributed by atoms with Gasteiger partial charge in [-0.15, -0.1) is 0 Å². The number of rotatable bonds is 6. The first-order chi connectivity index (χ1) is 13.8. The summed E-state index contributed by atoms with van der Waals surface area (Å²) in [6.45, 7) is 6.28. The van der Waals surface area contributed by atoms with Gasteiger partial charge in [0.15, 0.2) is 0 Å². The molecule has 0 saturated carbocycles. The average Bonchev–Trinajstić information content (AvgIpc) is 3.10. The zero-order chi connectivity index (χ0) is 21.1. The summed E-state index contributed by atoms with van der Waals surface area (Å²) in [5.74, 6) is -0.599. The summed E-state index contributed by atoms with van der Waals surface area (Å²) in [5, 5.41) is 3.30. The van der Waals surface area contributed by atoms with Gasteiger partial charge in [0.2, 0.25) is 11.8 Å². The number of thioether (sulfide) groups is 1. The number of aromatic nitrogens is 1. The van der Waals surface area contributed by atoms with E-state index in [1.807, 2.05) is 32.9 Å². The van der Waals surface area contributed by atoms with Crippen LogP contribution >= 0.6 is 11.8 Å². The van der Waals surface area contributed by atoms with Crippen LogP contribution in [0.3, 0.4) is 0 Å². The Bertz CT molecular complexity index is 990. The number of carbonyl (C=O) groups excluding carboxylic acids is 3. The van der Waals surface area contributed by atoms with Crippen LogP contribution in [0.25, 0.3) is 0 Å². The summed E-state index contributed by atoms with van der Waals surface area (Å²) in [6, 6.07) is 7.23. The molecule has 1 aliphatic rings. The Balaban J connectivity index is 1.70. The molecular formula is C21H24N4O3S. The average molecular weight is 413 g/mol. The second kappa shape index (κ2) is 8.65. The standard InChI is InChI=1S/C21H24N4O3S/c1-12-13(2)19(20(22)28)21(23-14(12)3)29-11-17(26)24-15-6-4-7-16(10-15)25-9-5-8-18(25)27/h4,6-7,10H,5,8-9,11H2,1-3H3,(H2,22,28)(H,24,26). The number of primary amides is 1. The van der Waals surface area contributed by atoms with E-state index in [-0.39, 0.29) is 17.6 Å². The number of amides is 3. The molecule has 8 heteroatoms. The fourth-order valence-corrected chi connectivity index (χ4v) is 4.25. The Kier molecular flexibility index (Phi) is 6.22. The molecule has 3 N–H and O–H groups in total. The van der Waals surface area contributed by atoms with Crippen LogP contribution < -0.4 is 16.0 Å². The number of carbonyl (C=O) groups is 3. The third-order valence-corrected chi connectivity index (χ3v) is 6.04. The molecule has 1 aromatic carbocycles. The number of aryl methyl sites for hydroxylation is 1. The monoisotopic (exact) mass is 412 g/mol. The molecule has 2 aromatic rings. The summed E-state index contributed by atoms with van der Waals surface area (Å²) < 4.78 is 0. The van der Waals surface area contributed by atoms with E-state index in [9.17, 15) is 14.4 Å². The second-order valence-corrected chi connectivity index (χ2v) is 7.99. The molecule has 7 nitrogen and oxygen atoms in total. The highest BCUT2D eigenvalue weighted by Gasteiger charge is 2.22. The third kappa shape index (κ3) is 4.59. The molecule has 0 bridgehead atoms. The number of nitrogens with zero attached hydrogens (tertiary/aromatic N) is 2. The van der Waals surface area contributed by atoms with Crippen molar-refractivity contribution < 1.29 is 14.4 Å². The molecule has 0 unspecified atom stereocenters. The molecule has 3 rings (SSSR count). The predicted octanol–water partition coefficient (Wildman–Crippen LogP) is 2.96. The Morgan fingerprint density at radius 3 is 2.66 bits per heavy atom. The lowest BCUT2D eigenvalue weighted by Gasteiger charge is -2.17. The van der Waals surface area contributed by atoms with Gasteiger partial charge in [0.1, 0.15) is 5.03 Å². The molecule has 29 heavy (non-hydrogen) atoms. The van der Waals surface area contributed by atoms with E-state index < -0.39 is 5.91 Å². The van der Waals surface area contributed by atoms with E-state index in [1.165, 1.54) is 11.8 Å². The van der Waals surface area contributed by atoms with E-state index in [4.69, 9.17) is 5.73 Å². The maximum absolute atomic E-state index is 12.4. The SMILES string of the molecule is Cc1nc(SCC(=O)Nc2cccc(N3CCCC3=O)c2)c(C(N)=O)c(C)c1C. The Morgan fingerprint density at radius 1 is 1.24 bits per heavy atom. The minimum Gasteiger partial charge on any atom is -0.366 e. The molecule has 1 saturated heterocycles. The van der Waals surface area contributed by atoms with Crippen molar-refractivity contribution in [2.45, 2.75) is 38.6 Å². The number of hydrogen-bond donors (Lipinski definition) is 2. The van der Waals surface area contributed by atoms with Gasteiger partial charge in [0.25, 0.3) is 5.91 Å². The number of benzene rings is 1. The molecule has 1 aliphatic heterocycles. The van der Waals surface area contributed by atoms with Crippen LogP contribution in [-0.2, 0) is 9.59 Å². The van der Waals surface area contributed by atoms with Crippen LogP contribution in [0.5, 0.6) is 0 Å². The normalized spacial score (nSPS) is 13.6. The third-order valence-electron chi connectivity index (χ3n) is 5.06. The molecule has 0 spiro atoms. The van der Waals surface area contributed by atoms with Crippen molar-refractivity contribution in [1.29, 1.82) is 0 Å². The van der Waals surface area contributed by atoms with Crippen molar-refractivity contribution >= 4 is 40.9 Å². The number of pyridine rings is 1. The highest BCUT2D eigenvalue weighted by atomic mass is 32.2. The number of nitrogens with two attached hydrogens (primary N) is 1. The molecule has 0 aliphatic carbocycles. The van der Waals surface area contributed by atoms with E-state index in [0.29, 0.717) is 29.2 Å². The van der Waals surface area contributed by atoms with Gasteiger partial charge in [-0.1, -0.05) is 17.8 Å². The lowest BCUT2D eigenvalue weighted by atomic mass is 10.0. The van der Waals surface area contributed by atoms with Crippen LogP contribution in [-0.4, -0.2) is 35.0 Å². The summed E-state index contributed by atoms with van der Waals surface area (Å²) in [6.07, 6.45) is 1.40. The van der Waals surface area contributed by atoms with Crippen LogP contribution in [0.15, 0.2) is 29.3 Å². The van der Waals surface area contributed by atoms with E-state index in [0.717, 1.165) is 28.9 Å². The van der Waals surface area contributed by atoms with Crippen molar-refractivity contribution in [2.75, 3.05) is 22.5 Å². The molecule has 152 valence electrons. The topological polar surface area (TPSA) is 105 Å². The second-order valence-electron chi connectivity index (χ2n) is 7.03. The Hall–Kier alpha value is -2.87. The van der Waals surface area contributed by atoms with Gasteiger partial charge < -0.3 is 16.0 Å². The van der Waals surface area contributed by atoms with Crippen molar-refractivity contribution in [3.63, 3.8) is 0 Å². The molecule has 1 aromatic heterocycles. The number of nitrogens with one attached hydrogen (secondary N) is 1. The molecule has 0 atom stereocenters. The first-order valence-electron chi connectivity index (χ1n) is 9.38. The predicted molar refractivity (Wildman–Crippen MR) is 114 cm³/mol. The minimum absolute atomic E-state index is 0.0854. The van der Waals surface area contributed by atoms with Crippen LogP contribution in [0.4, 0.5) is 11.4 Å². The summed E-state index contributed by atoms with van der Waals surface area (Å²) in [4.78, 5) is 42.4. The Morgan fingerprint density at radius 2 is 2.00 bits per heavy atom. The first-order valence-corrected chi connectivity index (χ1v) is 10.4. The van der Waals surface area contributed by atoms with Gasteiger partial charge in [-0.2, -0.15) is 0 Å². The van der Waals surface area contributed by atoms with Gasteiger partial charge in [-0.25, -0.2) is 4.98 Å². The lowest BCUT2D eigenvalue weighted by Crippen LogP contribution is -2.24. The van der Waals surface area contributed by atoms with E-state index in [2.05, 4.69) is 10.3 Å². The van der Waals surface area contributed by atoms with Gasteiger partial charge in [-0.3, -0.25) is 14.4 Å². The zero-order valence-corrected chi connectivity index (χ0v) is 17.6. The van der Waals surface area contributed by atoms with Gasteiger partial charge in [0.05, 0.1) is 11.3 Å². The smallest absolute Gasteiger partial charge is 0.251 e. The van der Waals surface area contributed by atoms with Crippen molar-refractivity contribution in [1.82, 2.24) is 4.98 Å².